The van der Waals surface area contributed by atoms with Crippen molar-refractivity contribution in [2.75, 3.05) is 7.11 Å². The van der Waals surface area contributed by atoms with Crippen LogP contribution >= 0.6 is 0 Å². The van der Waals surface area contributed by atoms with Gasteiger partial charge in [-0.25, -0.2) is 9.78 Å². The Labute approximate surface area is 179 Å². The Morgan fingerprint density at radius 2 is 2.00 bits per heavy atom. The van der Waals surface area contributed by atoms with Gasteiger partial charge in [0.2, 0.25) is 5.60 Å². The number of imidazole rings is 1. The molecule has 0 radical (unpaired) electrons. The second kappa shape index (κ2) is 5.17. The number of esters is 1. The number of para-hydroxylation sites is 1. The Balaban J connectivity index is 1.80. The van der Waals surface area contributed by atoms with Gasteiger partial charge in [0, 0.05) is 17.2 Å². The molecule has 1 fully saturated rings. The number of nitrogens with one attached hydrogen (secondary N) is 1. The third-order valence-electron chi connectivity index (χ3n) is 7.17. The minimum atomic E-state index is -2.01. The SMILES string of the molecule is COC(=O)[C@]1(O)C[C@H]2O[C@]1(C)n1c3ccccc3c3c4c(c5ncn2c5c31)C(=O)NC4=O. The van der Waals surface area contributed by atoms with Crippen LogP contribution in [0.1, 0.15) is 40.3 Å². The van der Waals surface area contributed by atoms with Crippen LogP contribution in [0, 0.1) is 0 Å². The molecule has 7 rings (SSSR count). The number of carbonyl (C=O) groups excluding carboxylic acids is 3. The van der Waals surface area contributed by atoms with Gasteiger partial charge in [-0.3, -0.25) is 14.9 Å². The molecule has 0 saturated carbocycles. The van der Waals surface area contributed by atoms with Gasteiger partial charge >= 0.3 is 5.97 Å². The lowest BCUT2D eigenvalue weighted by atomic mass is 9.89. The molecule has 3 aliphatic rings. The molecule has 2 bridgehead atoms. The third-order valence-corrected chi connectivity index (χ3v) is 7.17. The second-order valence-corrected chi connectivity index (χ2v) is 8.57. The lowest BCUT2D eigenvalue weighted by Crippen LogP contribution is -2.56. The molecule has 4 aromatic rings. The number of hydrogen-bond donors (Lipinski definition) is 2. The summed E-state index contributed by atoms with van der Waals surface area (Å²) < 4.78 is 14.8. The third kappa shape index (κ3) is 1.63. The molecule has 1 saturated heterocycles. The van der Waals surface area contributed by atoms with Gasteiger partial charge in [-0.05, 0) is 13.0 Å². The quantitative estimate of drug-likeness (QED) is 0.345. The largest absolute Gasteiger partial charge is 0.467 e. The van der Waals surface area contributed by atoms with Crippen LogP contribution in [0.2, 0.25) is 0 Å². The normalized spacial score (nSPS) is 28.0. The average molecular weight is 432 g/mol. The molecule has 10 heteroatoms. The van der Waals surface area contributed by atoms with E-state index in [1.165, 1.54) is 13.4 Å². The molecular formula is C22H16N4O6. The molecule has 2 amide bonds. The summed E-state index contributed by atoms with van der Waals surface area (Å²) in [6.45, 7) is 1.64. The number of rotatable bonds is 1. The molecule has 0 unspecified atom stereocenters. The van der Waals surface area contributed by atoms with Crippen LogP contribution in [-0.4, -0.2) is 49.7 Å². The van der Waals surface area contributed by atoms with Crippen molar-refractivity contribution < 1.29 is 29.0 Å². The molecule has 10 nitrogen and oxygen atoms in total. The summed E-state index contributed by atoms with van der Waals surface area (Å²) in [5.74, 6) is -1.82. The van der Waals surface area contributed by atoms with Gasteiger partial charge in [0.25, 0.3) is 11.8 Å². The Morgan fingerprint density at radius 3 is 2.78 bits per heavy atom. The van der Waals surface area contributed by atoms with Crippen LogP contribution in [-0.2, 0) is 20.0 Å². The monoisotopic (exact) mass is 432 g/mol. The molecule has 0 aliphatic carbocycles. The minimum absolute atomic E-state index is 0.0721. The van der Waals surface area contributed by atoms with E-state index in [0.29, 0.717) is 32.8 Å². The summed E-state index contributed by atoms with van der Waals surface area (Å²) in [5, 5.41) is 15.3. The topological polar surface area (TPSA) is 125 Å². The summed E-state index contributed by atoms with van der Waals surface area (Å²) in [4.78, 5) is 42.9. The standard InChI is InChI=1S/C22H16N4O6/c1-21-22(30,20(29)31-2)7-11(32-21)25-8-23-15-14-13(18(27)24-19(14)28)12-9-5-3-4-6-10(9)26(21)16(12)17(15)25/h3-6,8,11,30H,7H2,1-2H3,(H,24,27,28)/t11-,21+,22-/m1/s1. The van der Waals surface area contributed by atoms with Gasteiger partial charge in [-0.2, -0.15) is 0 Å². The fourth-order valence-electron chi connectivity index (χ4n) is 5.76. The molecule has 3 aliphatic heterocycles. The predicted molar refractivity (Wildman–Crippen MR) is 110 cm³/mol. The Hall–Kier alpha value is -3.76. The van der Waals surface area contributed by atoms with Crippen LogP contribution in [0.4, 0.5) is 0 Å². The van der Waals surface area contributed by atoms with E-state index in [4.69, 9.17) is 9.47 Å². The number of hydrogen-bond acceptors (Lipinski definition) is 7. The fourth-order valence-corrected chi connectivity index (χ4v) is 5.76. The number of amides is 2. The van der Waals surface area contributed by atoms with E-state index >= 15 is 0 Å². The highest BCUT2D eigenvalue weighted by Gasteiger charge is 2.65. The van der Waals surface area contributed by atoms with Gasteiger partial charge in [0.05, 0.1) is 41.1 Å². The number of methoxy groups -OCH3 is 1. The van der Waals surface area contributed by atoms with Crippen LogP contribution in [0.3, 0.4) is 0 Å². The van der Waals surface area contributed by atoms with E-state index < -0.39 is 35.3 Å². The number of benzene rings is 2. The maximum absolute atomic E-state index is 12.9. The van der Waals surface area contributed by atoms with Crippen molar-refractivity contribution in [2.45, 2.75) is 30.9 Å². The number of nitrogens with zero attached hydrogens (tertiary/aromatic N) is 3. The Kier molecular flexibility index (Phi) is 2.89. The zero-order valence-corrected chi connectivity index (χ0v) is 17.0. The van der Waals surface area contributed by atoms with Gasteiger partial charge in [-0.1, -0.05) is 18.2 Å². The lowest BCUT2D eigenvalue weighted by Gasteiger charge is -2.37. The molecule has 2 aromatic carbocycles. The van der Waals surface area contributed by atoms with E-state index in [9.17, 15) is 19.5 Å². The average Bonchev–Trinajstić information content (AvgIpc) is 3.47. The van der Waals surface area contributed by atoms with E-state index in [1.807, 2.05) is 24.3 Å². The van der Waals surface area contributed by atoms with Gasteiger partial charge in [0.15, 0.2) is 5.72 Å². The molecule has 0 spiro atoms. The first-order valence-corrected chi connectivity index (χ1v) is 10.1. The summed E-state index contributed by atoms with van der Waals surface area (Å²) in [6, 6.07) is 7.32. The Morgan fingerprint density at radius 1 is 1.25 bits per heavy atom. The highest BCUT2D eigenvalue weighted by atomic mass is 16.6. The lowest BCUT2D eigenvalue weighted by molar-refractivity contribution is -0.202. The van der Waals surface area contributed by atoms with Crippen LogP contribution in [0.5, 0.6) is 0 Å². The number of carbonyl (C=O) groups is 3. The maximum Gasteiger partial charge on any atom is 0.343 e. The van der Waals surface area contributed by atoms with E-state index in [0.717, 1.165) is 0 Å². The van der Waals surface area contributed by atoms with E-state index in [2.05, 4.69) is 10.3 Å². The number of aromatic nitrogens is 3. The zero-order valence-electron chi connectivity index (χ0n) is 17.0. The molecule has 2 aromatic heterocycles. The fraction of sp³-hybridized carbons (Fsp3) is 0.273. The maximum atomic E-state index is 12.9. The van der Waals surface area contributed by atoms with E-state index in [1.54, 1.807) is 16.1 Å². The second-order valence-electron chi connectivity index (χ2n) is 8.57. The molecule has 160 valence electrons. The van der Waals surface area contributed by atoms with Crippen molar-refractivity contribution in [3.8, 4) is 0 Å². The zero-order chi connectivity index (χ0) is 22.2. The summed E-state index contributed by atoms with van der Waals surface area (Å²) in [6.07, 6.45) is 0.702. The van der Waals surface area contributed by atoms with Crippen molar-refractivity contribution in [1.29, 1.82) is 0 Å². The van der Waals surface area contributed by atoms with Crippen LogP contribution < -0.4 is 5.32 Å². The number of imide groups is 1. The first-order valence-electron chi connectivity index (χ1n) is 10.1. The van der Waals surface area contributed by atoms with Crippen molar-refractivity contribution in [1.82, 2.24) is 19.4 Å². The number of fused-ring (bicyclic) bond motifs is 10. The first kappa shape index (κ1) is 17.9. The van der Waals surface area contributed by atoms with Crippen LogP contribution in [0.15, 0.2) is 30.6 Å². The van der Waals surface area contributed by atoms with Crippen molar-refractivity contribution in [3.05, 3.63) is 41.7 Å². The van der Waals surface area contributed by atoms with E-state index in [-0.39, 0.29) is 17.5 Å². The van der Waals surface area contributed by atoms with Gasteiger partial charge in [-0.15, -0.1) is 0 Å². The predicted octanol–water partition coefficient (Wildman–Crippen LogP) is 1.54. The van der Waals surface area contributed by atoms with Crippen molar-refractivity contribution >= 4 is 50.6 Å². The first-order chi connectivity index (χ1) is 15.3. The molecule has 5 heterocycles. The molecule has 2 N–H and O–H groups in total. The molecule has 32 heavy (non-hydrogen) atoms. The van der Waals surface area contributed by atoms with Gasteiger partial charge < -0.3 is 23.7 Å². The van der Waals surface area contributed by atoms with Gasteiger partial charge in [0.1, 0.15) is 11.7 Å². The number of aliphatic hydroxyl groups is 1. The smallest absolute Gasteiger partial charge is 0.343 e. The molecular weight excluding hydrogens is 416 g/mol. The van der Waals surface area contributed by atoms with Crippen LogP contribution in [0.25, 0.3) is 32.8 Å². The summed E-state index contributed by atoms with van der Waals surface area (Å²) in [7, 11) is 1.22. The minimum Gasteiger partial charge on any atom is -0.467 e. The summed E-state index contributed by atoms with van der Waals surface area (Å²) in [5.41, 5.74) is -0.899. The molecule has 3 atom stereocenters. The Bertz CT molecular complexity index is 1600. The van der Waals surface area contributed by atoms with Crippen molar-refractivity contribution in [3.63, 3.8) is 0 Å². The highest BCUT2D eigenvalue weighted by molar-refractivity contribution is 6.36. The highest BCUT2D eigenvalue weighted by Crippen LogP contribution is 2.55. The van der Waals surface area contributed by atoms with Crippen molar-refractivity contribution in [2.24, 2.45) is 0 Å². The number of ether oxygens (including phenoxy) is 2. The summed E-state index contributed by atoms with van der Waals surface area (Å²) >= 11 is 0.